The minimum Gasteiger partial charge on any atom is -0.397 e. The maximum Gasteiger partial charge on any atom is 0.197 e. The van der Waals surface area contributed by atoms with Crippen LogP contribution in [0.15, 0.2) is 28.5 Å². The molecule has 0 bridgehead atoms. The molecule has 0 aliphatic heterocycles. The van der Waals surface area contributed by atoms with Crippen molar-refractivity contribution < 1.29 is 4.79 Å². The number of thiophene rings is 1. The molecule has 6 heteroatoms. The van der Waals surface area contributed by atoms with E-state index in [-0.39, 0.29) is 5.78 Å². The summed E-state index contributed by atoms with van der Waals surface area (Å²) in [7, 11) is 0. The van der Waals surface area contributed by atoms with Gasteiger partial charge in [0.15, 0.2) is 5.78 Å². The second-order valence-electron chi connectivity index (χ2n) is 3.76. The Labute approximate surface area is 137 Å². The Bertz CT molecular complexity index is 672. The molecule has 1 heterocycles. The van der Waals surface area contributed by atoms with Gasteiger partial charge in [-0.1, -0.05) is 25.4 Å². The van der Waals surface area contributed by atoms with Crippen LogP contribution in [0.5, 0.6) is 0 Å². The highest BCUT2D eigenvalue weighted by Crippen LogP contribution is 2.38. The van der Waals surface area contributed by atoms with Crippen molar-refractivity contribution in [3.8, 4) is 5.40 Å². The molecule has 0 aliphatic rings. The number of hydrogen-bond acceptors (Lipinski definition) is 5. The number of halogens is 1. The zero-order chi connectivity index (χ0) is 16.0. The van der Waals surface area contributed by atoms with Gasteiger partial charge in [-0.05, 0) is 31.2 Å². The minimum absolute atomic E-state index is 0.184. The fourth-order valence-electron chi connectivity index (χ4n) is 1.60. The lowest BCUT2D eigenvalue weighted by atomic mass is 10.0. The van der Waals surface area contributed by atoms with Crippen molar-refractivity contribution in [2.24, 2.45) is 0 Å². The van der Waals surface area contributed by atoms with Crippen LogP contribution >= 0.6 is 34.7 Å². The zero-order valence-corrected chi connectivity index (χ0v) is 14.3. The van der Waals surface area contributed by atoms with E-state index in [2.05, 4.69) is 0 Å². The number of carbonyl (C=O) groups excluding carboxylic acids is 1. The predicted octanol–water partition coefficient (Wildman–Crippen LogP) is 5.12. The number of thioether (sulfide) groups is 1. The highest BCUT2D eigenvalue weighted by molar-refractivity contribution is 8.05. The van der Waals surface area contributed by atoms with Crippen molar-refractivity contribution in [2.75, 3.05) is 5.73 Å². The van der Waals surface area contributed by atoms with Gasteiger partial charge in [0.2, 0.25) is 0 Å². The molecule has 0 radical (unpaired) electrons. The zero-order valence-electron chi connectivity index (χ0n) is 11.9. The van der Waals surface area contributed by atoms with Crippen LogP contribution in [-0.2, 0) is 0 Å². The SMILES string of the molecule is CC.Cc1sc(SC#N)c(C(=O)c2ccc(Cl)cc2)c1N. The molecule has 21 heavy (non-hydrogen) atoms. The summed E-state index contributed by atoms with van der Waals surface area (Å²) in [6, 6.07) is 6.61. The van der Waals surface area contributed by atoms with E-state index in [1.165, 1.54) is 11.3 Å². The van der Waals surface area contributed by atoms with Crippen molar-refractivity contribution in [3.63, 3.8) is 0 Å². The van der Waals surface area contributed by atoms with Crippen LogP contribution < -0.4 is 5.73 Å². The van der Waals surface area contributed by atoms with Crippen LogP contribution in [0.25, 0.3) is 0 Å². The number of benzene rings is 1. The van der Waals surface area contributed by atoms with Crippen LogP contribution in [0.1, 0.15) is 34.6 Å². The van der Waals surface area contributed by atoms with Gasteiger partial charge < -0.3 is 5.73 Å². The molecule has 2 rings (SSSR count). The monoisotopic (exact) mass is 338 g/mol. The summed E-state index contributed by atoms with van der Waals surface area (Å²) in [6.07, 6.45) is 0. The third-order valence-corrected chi connectivity index (χ3v) is 4.72. The summed E-state index contributed by atoms with van der Waals surface area (Å²) in [6.45, 7) is 5.83. The van der Waals surface area contributed by atoms with Gasteiger partial charge in [-0.25, -0.2) is 0 Å². The first kappa shape index (κ1) is 17.6. The lowest BCUT2D eigenvalue weighted by Gasteiger charge is -2.03. The van der Waals surface area contributed by atoms with Crippen molar-refractivity contribution in [2.45, 2.75) is 25.0 Å². The fraction of sp³-hybridized carbons (Fsp3) is 0.200. The summed E-state index contributed by atoms with van der Waals surface area (Å²) < 4.78 is 0.637. The molecule has 0 saturated heterocycles. The topological polar surface area (TPSA) is 66.9 Å². The molecule has 0 saturated carbocycles. The normalized spacial score (nSPS) is 9.48. The van der Waals surface area contributed by atoms with Gasteiger partial charge in [0.05, 0.1) is 15.5 Å². The number of nitrogens with zero attached hydrogens (tertiary/aromatic N) is 1. The molecule has 2 aromatic rings. The molecule has 1 aromatic heterocycles. The standard InChI is InChI=1S/C13H9ClN2OS2.C2H6/c1-7-11(16)10(13(19-7)18-6-15)12(17)8-2-4-9(14)5-3-8;1-2/h2-5H,16H2,1H3;1-2H3. The van der Waals surface area contributed by atoms with Crippen molar-refractivity contribution in [3.05, 3.63) is 45.3 Å². The molecule has 0 unspecified atom stereocenters. The average molecular weight is 339 g/mol. The molecule has 3 nitrogen and oxygen atoms in total. The van der Waals surface area contributed by atoms with E-state index in [0.717, 1.165) is 16.6 Å². The molecule has 0 amide bonds. The largest absolute Gasteiger partial charge is 0.397 e. The molecular weight excluding hydrogens is 324 g/mol. The van der Waals surface area contributed by atoms with Crippen molar-refractivity contribution in [1.29, 1.82) is 5.26 Å². The molecular formula is C15H15ClN2OS2. The van der Waals surface area contributed by atoms with Crippen LogP contribution in [-0.4, -0.2) is 5.78 Å². The molecule has 2 N–H and O–H groups in total. The highest BCUT2D eigenvalue weighted by Gasteiger charge is 2.21. The molecule has 110 valence electrons. The maximum absolute atomic E-state index is 12.4. The number of hydrogen-bond donors (Lipinski definition) is 1. The van der Waals surface area contributed by atoms with Gasteiger partial charge in [-0.15, -0.1) is 11.3 Å². The van der Waals surface area contributed by atoms with Gasteiger partial charge in [0, 0.05) is 27.2 Å². The number of carbonyl (C=O) groups is 1. The van der Waals surface area contributed by atoms with E-state index < -0.39 is 0 Å². The number of nitrogen functional groups attached to an aromatic ring is 1. The molecule has 0 aliphatic carbocycles. The first-order valence-corrected chi connectivity index (χ1v) is 8.30. The summed E-state index contributed by atoms with van der Waals surface area (Å²) in [5.41, 5.74) is 7.31. The van der Waals surface area contributed by atoms with E-state index in [1.807, 2.05) is 26.2 Å². The smallest absolute Gasteiger partial charge is 0.197 e. The maximum atomic E-state index is 12.4. The van der Waals surface area contributed by atoms with Crippen LogP contribution in [0.4, 0.5) is 5.69 Å². The molecule has 0 fully saturated rings. The number of aryl methyl sites for hydroxylation is 1. The lowest BCUT2D eigenvalue weighted by Crippen LogP contribution is -2.04. The average Bonchev–Trinajstić information content (AvgIpc) is 2.76. The van der Waals surface area contributed by atoms with E-state index in [1.54, 1.807) is 24.3 Å². The quantitative estimate of drug-likeness (QED) is 0.479. The first-order valence-electron chi connectivity index (χ1n) is 6.29. The minimum atomic E-state index is -0.184. The van der Waals surface area contributed by atoms with Crippen LogP contribution in [0, 0.1) is 17.6 Å². The Kier molecular flexibility index (Phi) is 6.76. The Balaban J connectivity index is 0.00000106. The van der Waals surface area contributed by atoms with Crippen molar-refractivity contribution in [1.82, 2.24) is 0 Å². The van der Waals surface area contributed by atoms with Gasteiger partial charge in [0.1, 0.15) is 5.40 Å². The van der Waals surface area contributed by atoms with Gasteiger partial charge in [0.25, 0.3) is 0 Å². The number of nitriles is 1. The van der Waals surface area contributed by atoms with E-state index in [0.29, 0.717) is 26.0 Å². The number of ketones is 1. The summed E-state index contributed by atoms with van der Waals surface area (Å²) >= 11 is 8.12. The Morgan fingerprint density at radius 1 is 1.33 bits per heavy atom. The summed E-state index contributed by atoms with van der Waals surface area (Å²) in [5.74, 6) is -0.184. The lowest BCUT2D eigenvalue weighted by molar-refractivity contribution is 0.103. The first-order chi connectivity index (χ1) is 10.0. The predicted molar refractivity (Wildman–Crippen MR) is 91.2 cm³/mol. The fourth-order valence-corrected chi connectivity index (χ4v) is 3.57. The van der Waals surface area contributed by atoms with E-state index in [9.17, 15) is 4.79 Å². The summed E-state index contributed by atoms with van der Waals surface area (Å²) in [5, 5.41) is 11.3. The number of anilines is 1. The molecule has 1 aromatic carbocycles. The van der Waals surface area contributed by atoms with Crippen LogP contribution in [0.3, 0.4) is 0 Å². The van der Waals surface area contributed by atoms with Crippen LogP contribution in [0.2, 0.25) is 5.02 Å². The van der Waals surface area contributed by atoms with E-state index >= 15 is 0 Å². The third-order valence-electron chi connectivity index (χ3n) is 2.57. The second kappa shape index (κ2) is 8.08. The number of thiocyanates is 1. The number of rotatable bonds is 3. The third kappa shape index (κ3) is 4.01. The number of nitrogens with two attached hydrogens (primary N) is 1. The Morgan fingerprint density at radius 2 is 1.90 bits per heavy atom. The van der Waals surface area contributed by atoms with E-state index in [4.69, 9.17) is 22.6 Å². The highest BCUT2D eigenvalue weighted by atomic mass is 35.5. The van der Waals surface area contributed by atoms with Gasteiger partial charge >= 0.3 is 0 Å². The Hall–Kier alpha value is -1.48. The summed E-state index contributed by atoms with van der Waals surface area (Å²) in [4.78, 5) is 13.3. The molecule has 0 spiro atoms. The Morgan fingerprint density at radius 3 is 2.43 bits per heavy atom. The van der Waals surface area contributed by atoms with Gasteiger partial charge in [-0.3, -0.25) is 4.79 Å². The van der Waals surface area contributed by atoms with Gasteiger partial charge in [-0.2, -0.15) is 5.26 Å². The molecule has 0 atom stereocenters. The van der Waals surface area contributed by atoms with Crippen molar-refractivity contribution >= 4 is 46.2 Å². The second-order valence-corrected chi connectivity index (χ2v) is 6.48.